The third-order valence-corrected chi connectivity index (χ3v) is 2.47. The van der Waals surface area contributed by atoms with Crippen molar-refractivity contribution in [2.24, 2.45) is 0 Å². The zero-order valence-electron chi connectivity index (χ0n) is 10.9. The fraction of sp³-hybridized carbons (Fsp3) is 0.417. The molecule has 1 heterocycles. The van der Waals surface area contributed by atoms with Crippen molar-refractivity contribution in [3.63, 3.8) is 0 Å². The molecule has 0 fully saturated rings. The number of nitrogens with one attached hydrogen (secondary N) is 2. The van der Waals surface area contributed by atoms with Gasteiger partial charge in [0.15, 0.2) is 0 Å². The molecule has 0 bridgehead atoms. The first-order valence-corrected chi connectivity index (χ1v) is 6.36. The van der Waals surface area contributed by atoms with Gasteiger partial charge in [-0.25, -0.2) is 4.98 Å². The van der Waals surface area contributed by atoms with Crippen LogP contribution in [-0.4, -0.2) is 28.9 Å². The Bertz CT molecular complexity index is 498. The summed E-state index contributed by atoms with van der Waals surface area (Å²) in [6.07, 6.45) is 0. The van der Waals surface area contributed by atoms with Gasteiger partial charge in [-0.1, -0.05) is 23.2 Å². The van der Waals surface area contributed by atoms with Gasteiger partial charge >= 0.3 is 0 Å². The highest BCUT2D eigenvalue weighted by Gasteiger charge is 2.16. The van der Waals surface area contributed by atoms with E-state index in [9.17, 15) is 9.59 Å². The van der Waals surface area contributed by atoms with E-state index in [1.807, 2.05) is 20.8 Å². The zero-order valence-corrected chi connectivity index (χ0v) is 12.4. The molecule has 0 aliphatic carbocycles. The number of hydrogen-bond donors (Lipinski definition) is 2. The number of hydrogen-bond acceptors (Lipinski definition) is 3. The number of aromatic nitrogens is 1. The fourth-order valence-electron chi connectivity index (χ4n) is 1.28. The number of carbonyl (C=O) groups is 2. The summed E-state index contributed by atoms with van der Waals surface area (Å²) >= 11 is 11.5. The van der Waals surface area contributed by atoms with Crippen molar-refractivity contribution in [1.82, 2.24) is 15.6 Å². The molecular weight excluding hydrogens is 289 g/mol. The Morgan fingerprint density at radius 1 is 1.26 bits per heavy atom. The summed E-state index contributed by atoms with van der Waals surface area (Å²) in [5, 5.41) is 5.49. The van der Waals surface area contributed by atoms with Crippen molar-refractivity contribution >= 4 is 35.0 Å². The van der Waals surface area contributed by atoms with Gasteiger partial charge in [-0.05, 0) is 32.9 Å². The SMILES string of the molecule is CC(C)(C)NC(=O)CNC(=O)c1nc(Cl)ccc1Cl. The van der Waals surface area contributed by atoms with E-state index in [-0.39, 0.29) is 33.9 Å². The van der Waals surface area contributed by atoms with Crippen LogP contribution in [0.25, 0.3) is 0 Å². The quantitative estimate of drug-likeness (QED) is 0.839. The van der Waals surface area contributed by atoms with E-state index in [1.54, 1.807) is 0 Å². The van der Waals surface area contributed by atoms with Crippen LogP contribution in [0.3, 0.4) is 0 Å². The van der Waals surface area contributed by atoms with Crippen molar-refractivity contribution in [2.45, 2.75) is 26.3 Å². The summed E-state index contributed by atoms with van der Waals surface area (Å²) in [5.74, 6) is -0.837. The molecule has 0 unspecified atom stereocenters. The minimum absolute atomic E-state index is 0.00211. The second kappa shape index (κ2) is 6.21. The van der Waals surface area contributed by atoms with E-state index in [1.165, 1.54) is 12.1 Å². The number of pyridine rings is 1. The molecule has 0 aliphatic heterocycles. The summed E-state index contributed by atoms with van der Waals surface area (Å²) in [4.78, 5) is 27.1. The topological polar surface area (TPSA) is 71.1 Å². The van der Waals surface area contributed by atoms with E-state index in [2.05, 4.69) is 15.6 Å². The molecule has 1 aromatic heterocycles. The van der Waals surface area contributed by atoms with Gasteiger partial charge < -0.3 is 10.6 Å². The van der Waals surface area contributed by atoms with Crippen LogP contribution in [0.15, 0.2) is 12.1 Å². The highest BCUT2D eigenvalue weighted by molar-refractivity contribution is 6.34. The minimum Gasteiger partial charge on any atom is -0.350 e. The molecular formula is C12H15Cl2N3O2. The summed E-state index contributed by atoms with van der Waals surface area (Å²) in [6, 6.07) is 2.95. The van der Waals surface area contributed by atoms with Crippen molar-refractivity contribution in [3.05, 3.63) is 28.0 Å². The van der Waals surface area contributed by atoms with Gasteiger partial charge in [0.05, 0.1) is 11.6 Å². The molecule has 0 radical (unpaired) electrons. The van der Waals surface area contributed by atoms with Crippen LogP contribution in [0.4, 0.5) is 0 Å². The van der Waals surface area contributed by atoms with Crippen LogP contribution in [-0.2, 0) is 4.79 Å². The average molecular weight is 304 g/mol. The average Bonchev–Trinajstić information content (AvgIpc) is 2.27. The van der Waals surface area contributed by atoms with Gasteiger partial charge in [0.1, 0.15) is 10.8 Å². The maximum atomic E-state index is 11.8. The highest BCUT2D eigenvalue weighted by atomic mass is 35.5. The van der Waals surface area contributed by atoms with Crippen LogP contribution in [0.2, 0.25) is 10.2 Å². The van der Waals surface area contributed by atoms with Crippen LogP contribution in [0, 0.1) is 0 Å². The van der Waals surface area contributed by atoms with Crippen molar-refractivity contribution in [2.75, 3.05) is 6.54 Å². The van der Waals surface area contributed by atoms with Crippen LogP contribution >= 0.6 is 23.2 Å². The Labute approximate surface area is 121 Å². The highest BCUT2D eigenvalue weighted by Crippen LogP contribution is 2.16. The number of nitrogens with zero attached hydrogens (tertiary/aromatic N) is 1. The van der Waals surface area contributed by atoms with E-state index in [0.29, 0.717) is 0 Å². The van der Waals surface area contributed by atoms with Gasteiger partial charge in [0.2, 0.25) is 5.91 Å². The van der Waals surface area contributed by atoms with Crippen LogP contribution in [0.1, 0.15) is 31.3 Å². The third kappa shape index (κ3) is 5.44. The number of amides is 2. The second-order valence-corrected chi connectivity index (χ2v) is 5.74. The van der Waals surface area contributed by atoms with E-state index in [0.717, 1.165) is 0 Å². The lowest BCUT2D eigenvalue weighted by atomic mass is 10.1. The molecule has 7 heteroatoms. The molecule has 0 aliphatic rings. The Hall–Kier alpha value is -1.33. The Morgan fingerprint density at radius 3 is 2.47 bits per heavy atom. The molecule has 1 aromatic rings. The Kier molecular flexibility index (Phi) is 5.14. The lowest BCUT2D eigenvalue weighted by molar-refractivity contribution is -0.121. The van der Waals surface area contributed by atoms with E-state index >= 15 is 0 Å². The van der Waals surface area contributed by atoms with Crippen LogP contribution < -0.4 is 10.6 Å². The van der Waals surface area contributed by atoms with Crippen molar-refractivity contribution in [3.8, 4) is 0 Å². The van der Waals surface area contributed by atoms with Gasteiger partial charge in [0.25, 0.3) is 5.91 Å². The molecule has 0 aromatic carbocycles. The summed E-state index contributed by atoms with van der Waals surface area (Å²) in [7, 11) is 0. The molecule has 0 saturated heterocycles. The Balaban J connectivity index is 2.61. The largest absolute Gasteiger partial charge is 0.350 e. The molecule has 0 atom stereocenters. The maximum Gasteiger partial charge on any atom is 0.271 e. The molecule has 0 spiro atoms. The number of carbonyl (C=O) groups excluding carboxylic acids is 2. The second-order valence-electron chi connectivity index (χ2n) is 4.95. The van der Waals surface area contributed by atoms with Crippen molar-refractivity contribution in [1.29, 1.82) is 0 Å². The van der Waals surface area contributed by atoms with Gasteiger partial charge in [0, 0.05) is 5.54 Å². The smallest absolute Gasteiger partial charge is 0.271 e. The van der Waals surface area contributed by atoms with E-state index in [4.69, 9.17) is 23.2 Å². The summed E-state index contributed by atoms with van der Waals surface area (Å²) < 4.78 is 0. The first kappa shape index (κ1) is 15.7. The van der Waals surface area contributed by atoms with Gasteiger partial charge in [-0.3, -0.25) is 9.59 Å². The van der Waals surface area contributed by atoms with Gasteiger partial charge in [-0.2, -0.15) is 0 Å². The molecule has 0 saturated carbocycles. The van der Waals surface area contributed by atoms with Crippen molar-refractivity contribution < 1.29 is 9.59 Å². The summed E-state index contributed by atoms with van der Waals surface area (Å²) in [5.41, 5.74) is -0.356. The molecule has 5 nitrogen and oxygen atoms in total. The van der Waals surface area contributed by atoms with E-state index < -0.39 is 5.91 Å². The maximum absolute atomic E-state index is 11.8. The third-order valence-electron chi connectivity index (χ3n) is 1.95. The standard InChI is InChI=1S/C12H15Cl2N3O2/c1-12(2,3)17-9(18)6-15-11(19)10-7(13)4-5-8(14)16-10/h4-5H,6H2,1-3H3,(H,15,19)(H,17,18). The molecule has 104 valence electrons. The summed E-state index contributed by atoms with van der Waals surface area (Å²) in [6.45, 7) is 5.40. The number of halogens is 2. The number of rotatable bonds is 3. The van der Waals surface area contributed by atoms with Gasteiger partial charge in [-0.15, -0.1) is 0 Å². The lowest BCUT2D eigenvalue weighted by Crippen LogP contribution is -2.45. The zero-order chi connectivity index (χ0) is 14.6. The monoisotopic (exact) mass is 303 g/mol. The molecule has 2 N–H and O–H groups in total. The molecule has 1 rings (SSSR count). The predicted molar refractivity (Wildman–Crippen MR) is 74.5 cm³/mol. The van der Waals surface area contributed by atoms with Crippen LogP contribution in [0.5, 0.6) is 0 Å². The molecule has 19 heavy (non-hydrogen) atoms. The Morgan fingerprint density at radius 2 is 1.89 bits per heavy atom. The first-order chi connectivity index (χ1) is 8.69. The fourth-order valence-corrected chi connectivity index (χ4v) is 1.62. The first-order valence-electron chi connectivity index (χ1n) is 5.60. The normalized spacial score (nSPS) is 11.0. The minimum atomic E-state index is -0.545. The predicted octanol–water partition coefficient (Wildman–Crippen LogP) is 2.03. The lowest BCUT2D eigenvalue weighted by Gasteiger charge is -2.20. The molecule has 2 amide bonds.